The molecule has 0 bridgehead atoms. The van der Waals surface area contributed by atoms with Crippen LogP contribution in [0.25, 0.3) is 11.4 Å². The molecule has 0 aromatic carbocycles. The minimum Gasteiger partial charge on any atom is -0.475 e. The first-order valence-electron chi connectivity index (χ1n) is 11.4. The van der Waals surface area contributed by atoms with Crippen LogP contribution in [0.15, 0.2) is 54.9 Å². The molecule has 3 aromatic heterocycles. The highest BCUT2D eigenvalue weighted by molar-refractivity contribution is 5.77. The standard InChI is InChI=1S/C22H25N7O.C2HF3O2/c1-17-26-19(18-6-2-4-9-23-18)16-20(27-17)24-11-8-22(30)29-14-12-28(13-15-29)21-7-3-5-10-25-21;3-2(4,5)1(6)7/h2-7,9-10,16H,8,11-15H2,1H3,(H,24,26,27);(H,6,7). The predicted molar refractivity (Wildman–Crippen MR) is 130 cm³/mol. The molecule has 1 aliphatic heterocycles. The number of alkyl halides is 3. The third kappa shape index (κ3) is 8.40. The van der Waals surface area contributed by atoms with Crippen LogP contribution in [0, 0.1) is 6.92 Å². The van der Waals surface area contributed by atoms with Gasteiger partial charge >= 0.3 is 12.1 Å². The number of hydrogen-bond donors (Lipinski definition) is 2. The lowest BCUT2D eigenvalue weighted by Gasteiger charge is -2.35. The molecule has 10 nitrogen and oxygen atoms in total. The maximum Gasteiger partial charge on any atom is 0.490 e. The molecule has 0 unspecified atom stereocenters. The second kappa shape index (κ2) is 12.6. The molecule has 13 heteroatoms. The molecule has 2 N–H and O–H groups in total. The zero-order valence-electron chi connectivity index (χ0n) is 20.0. The third-order valence-electron chi connectivity index (χ3n) is 5.26. The van der Waals surface area contributed by atoms with Crippen molar-refractivity contribution >= 4 is 23.5 Å². The largest absolute Gasteiger partial charge is 0.490 e. The number of rotatable bonds is 6. The lowest BCUT2D eigenvalue weighted by Crippen LogP contribution is -2.49. The van der Waals surface area contributed by atoms with Crippen LogP contribution in [0.5, 0.6) is 0 Å². The number of carboxylic acid groups (broad SMARTS) is 1. The van der Waals surface area contributed by atoms with Crippen molar-refractivity contribution in [2.45, 2.75) is 19.5 Å². The van der Waals surface area contributed by atoms with Gasteiger partial charge in [0.05, 0.1) is 11.4 Å². The van der Waals surface area contributed by atoms with Crippen molar-refractivity contribution < 1.29 is 27.9 Å². The van der Waals surface area contributed by atoms with E-state index in [2.05, 4.69) is 30.2 Å². The summed E-state index contributed by atoms with van der Waals surface area (Å²) in [5, 5.41) is 10.4. The number of aliphatic carboxylic acids is 1. The fraction of sp³-hybridized carbons (Fsp3) is 0.333. The van der Waals surface area contributed by atoms with Gasteiger partial charge < -0.3 is 20.2 Å². The molecular weight excluding hydrogens is 491 g/mol. The number of nitrogens with one attached hydrogen (secondary N) is 1. The summed E-state index contributed by atoms with van der Waals surface area (Å²) < 4.78 is 31.7. The Balaban J connectivity index is 0.000000479. The van der Waals surface area contributed by atoms with Crippen molar-refractivity contribution in [3.05, 3.63) is 60.7 Å². The Labute approximate surface area is 211 Å². The zero-order chi connectivity index (χ0) is 26.8. The normalized spacial score (nSPS) is 13.4. The van der Waals surface area contributed by atoms with E-state index in [0.717, 1.165) is 30.3 Å². The average Bonchev–Trinajstić information content (AvgIpc) is 2.89. The van der Waals surface area contributed by atoms with Gasteiger partial charge in [0.25, 0.3) is 0 Å². The van der Waals surface area contributed by atoms with E-state index in [9.17, 15) is 18.0 Å². The Morgan fingerprint density at radius 1 is 0.973 bits per heavy atom. The molecule has 0 saturated carbocycles. The van der Waals surface area contributed by atoms with Gasteiger partial charge in [0.1, 0.15) is 17.5 Å². The minimum absolute atomic E-state index is 0.152. The first-order valence-corrected chi connectivity index (χ1v) is 11.4. The number of hydrogen-bond acceptors (Lipinski definition) is 8. The number of anilines is 2. The van der Waals surface area contributed by atoms with E-state index in [1.807, 2.05) is 54.3 Å². The Kier molecular flexibility index (Phi) is 9.30. The number of amides is 1. The smallest absolute Gasteiger partial charge is 0.475 e. The monoisotopic (exact) mass is 517 g/mol. The molecule has 3 aromatic rings. The number of nitrogens with zero attached hydrogens (tertiary/aromatic N) is 6. The Morgan fingerprint density at radius 3 is 2.19 bits per heavy atom. The second-order valence-electron chi connectivity index (χ2n) is 7.94. The van der Waals surface area contributed by atoms with Crippen LogP contribution in [0.1, 0.15) is 12.2 Å². The molecule has 1 fully saturated rings. The van der Waals surface area contributed by atoms with Crippen molar-refractivity contribution in [1.29, 1.82) is 0 Å². The molecule has 0 radical (unpaired) electrons. The Hall–Kier alpha value is -4.29. The van der Waals surface area contributed by atoms with Gasteiger partial charge in [0.15, 0.2) is 0 Å². The van der Waals surface area contributed by atoms with Gasteiger partial charge in [-0.05, 0) is 31.2 Å². The molecule has 0 atom stereocenters. The first-order chi connectivity index (χ1) is 17.6. The topological polar surface area (TPSA) is 124 Å². The minimum atomic E-state index is -5.08. The number of aromatic nitrogens is 4. The molecule has 1 saturated heterocycles. The van der Waals surface area contributed by atoms with Crippen LogP contribution in [0.4, 0.5) is 24.8 Å². The molecule has 1 amide bonds. The fourth-order valence-corrected chi connectivity index (χ4v) is 3.49. The molecule has 1 aliphatic rings. The van der Waals surface area contributed by atoms with E-state index in [1.54, 1.807) is 12.4 Å². The lowest BCUT2D eigenvalue weighted by molar-refractivity contribution is -0.192. The highest BCUT2D eigenvalue weighted by atomic mass is 19.4. The van der Waals surface area contributed by atoms with E-state index >= 15 is 0 Å². The van der Waals surface area contributed by atoms with E-state index < -0.39 is 12.1 Å². The maximum atomic E-state index is 12.6. The summed E-state index contributed by atoms with van der Waals surface area (Å²) in [7, 11) is 0. The van der Waals surface area contributed by atoms with Gasteiger partial charge in [0, 0.05) is 57.6 Å². The van der Waals surface area contributed by atoms with E-state index in [4.69, 9.17) is 9.90 Å². The van der Waals surface area contributed by atoms with Crippen LogP contribution in [0.3, 0.4) is 0 Å². The van der Waals surface area contributed by atoms with E-state index in [-0.39, 0.29) is 5.91 Å². The molecule has 37 heavy (non-hydrogen) atoms. The predicted octanol–water partition coefficient (Wildman–Crippen LogP) is 3.03. The molecular formula is C24H26F3N7O3. The first kappa shape index (κ1) is 27.3. The molecule has 0 aliphatic carbocycles. The van der Waals surface area contributed by atoms with Crippen LogP contribution in [0.2, 0.25) is 0 Å². The van der Waals surface area contributed by atoms with Gasteiger partial charge in [-0.1, -0.05) is 12.1 Å². The summed E-state index contributed by atoms with van der Waals surface area (Å²) >= 11 is 0. The highest BCUT2D eigenvalue weighted by Crippen LogP contribution is 2.18. The van der Waals surface area contributed by atoms with Crippen LogP contribution in [-0.2, 0) is 9.59 Å². The fourth-order valence-electron chi connectivity index (χ4n) is 3.49. The summed E-state index contributed by atoms with van der Waals surface area (Å²) in [6, 6.07) is 13.5. The zero-order valence-corrected chi connectivity index (χ0v) is 20.0. The van der Waals surface area contributed by atoms with Gasteiger partial charge in [-0.2, -0.15) is 13.2 Å². The van der Waals surface area contributed by atoms with Gasteiger partial charge in [-0.3, -0.25) is 9.78 Å². The maximum absolute atomic E-state index is 12.6. The van der Waals surface area contributed by atoms with Crippen molar-refractivity contribution in [2.24, 2.45) is 0 Å². The van der Waals surface area contributed by atoms with E-state index in [0.29, 0.717) is 37.7 Å². The Bertz CT molecular complexity index is 1170. The number of piperazine rings is 1. The summed E-state index contributed by atoms with van der Waals surface area (Å²) in [4.78, 5) is 43.2. The number of carbonyl (C=O) groups excluding carboxylic acids is 1. The number of halogens is 3. The van der Waals surface area contributed by atoms with Gasteiger partial charge in [0.2, 0.25) is 5.91 Å². The SMILES string of the molecule is Cc1nc(NCCC(=O)N2CCN(c3ccccn3)CC2)cc(-c2ccccn2)n1.O=C(O)C(F)(F)F. The number of aryl methyl sites for hydroxylation is 1. The third-order valence-corrected chi connectivity index (χ3v) is 5.26. The van der Waals surface area contributed by atoms with Crippen molar-refractivity contribution in [2.75, 3.05) is 42.9 Å². The van der Waals surface area contributed by atoms with Crippen molar-refractivity contribution in [3.8, 4) is 11.4 Å². The summed E-state index contributed by atoms with van der Waals surface area (Å²) in [5.74, 6) is -0.269. The molecule has 4 heterocycles. The number of carboxylic acids is 1. The van der Waals surface area contributed by atoms with Crippen molar-refractivity contribution in [3.63, 3.8) is 0 Å². The number of carbonyl (C=O) groups is 2. The van der Waals surface area contributed by atoms with Gasteiger partial charge in [-0.15, -0.1) is 0 Å². The van der Waals surface area contributed by atoms with E-state index in [1.165, 1.54) is 0 Å². The van der Waals surface area contributed by atoms with Crippen molar-refractivity contribution in [1.82, 2.24) is 24.8 Å². The lowest BCUT2D eigenvalue weighted by atomic mass is 10.2. The summed E-state index contributed by atoms with van der Waals surface area (Å²) in [6.07, 6.45) is -1.12. The van der Waals surface area contributed by atoms with Crippen LogP contribution < -0.4 is 10.2 Å². The second-order valence-corrected chi connectivity index (χ2v) is 7.94. The van der Waals surface area contributed by atoms with Gasteiger partial charge in [-0.25, -0.2) is 19.7 Å². The molecule has 0 spiro atoms. The summed E-state index contributed by atoms with van der Waals surface area (Å²) in [5.41, 5.74) is 1.57. The van der Waals surface area contributed by atoms with Crippen LogP contribution in [-0.4, -0.2) is 80.7 Å². The Morgan fingerprint density at radius 2 is 1.62 bits per heavy atom. The molecule has 4 rings (SSSR count). The van der Waals surface area contributed by atoms with Crippen LogP contribution >= 0.6 is 0 Å². The quantitative estimate of drug-likeness (QED) is 0.508. The average molecular weight is 518 g/mol. The highest BCUT2D eigenvalue weighted by Gasteiger charge is 2.38. The number of pyridine rings is 2. The summed E-state index contributed by atoms with van der Waals surface area (Å²) in [6.45, 7) is 5.41. The molecule has 196 valence electrons.